The molecule has 5 nitrogen and oxygen atoms in total. The molecule has 0 N–H and O–H groups in total. The summed E-state index contributed by atoms with van der Waals surface area (Å²) in [6.07, 6.45) is 0. The van der Waals surface area contributed by atoms with Gasteiger partial charge < -0.3 is 9.64 Å². The summed E-state index contributed by atoms with van der Waals surface area (Å²) in [6.45, 7) is 5.23. The molecule has 3 aromatic rings. The molecule has 4 rings (SSSR count). The molecule has 0 saturated carbocycles. The van der Waals surface area contributed by atoms with E-state index in [2.05, 4.69) is 9.88 Å². The first-order chi connectivity index (χ1) is 14.0. The van der Waals surface area contributed by atoms with E-state index in [9.17, 15) is 9.18 Å². The number of nitrogens with zero attached hydrogens (tertiary/aromatic N) is 3. The van der Waals surface area contributed by atoms with Crippen molar-refractivity contribution in [2.75, 3.05) is 33.3 Å². The molecule has 0 aliphatic carbocycles. The average Bonchev–Trinajstić information content (AvgIpc) is 2.73. The molecule has 2 aromatic carbocycles. The number of hydrogen-bond donors (Lipinski definition) is 0. The molecule has 1 saturated heterocycles. The first kappa shape index (κ1) is 19.3. The molecule has 6 heteroatoms. The lowest BCUT2D eigenvalue weighted by atomic mass is 10.1. The van der Waals surface area contributed by atoms with Crippen molar-refractivity contribution in [3.8, 4) is 5.75 Å². The number of carbonyl (C=O) groups excluding carboxylic acids is 1. The highest BCUT2D eigenvalue weighted by molar-refractivity contribution is 6.06. The molecule has 0 spiro atoms. The second-order valence-electron chi connectivity index (χ2n) is 7.35. The Morgan fingerprint density at radius 2 is 1.86 bits per heavy atom. The Kier molecular flexibility index (Phi) is 5.45. The van der Waals surface area contributed by atoms with Gasteiger partial charge in [-0.2, -0.15) is 0 Å². The van der Waals surface area contributed by atoms with Crippen molar-refractivity contribution in [2.24, 2.45) is 0 Å². The van der Waals surface area contributed by atoms with E-state index in [1.54, 1.807) is 13.2 Å². The van der Waals surface area contributed by atoms with E-state index in [1.165, 1.54) is 12.1 Å². The standard InChI is InChI=1S/C23H24FN3O2/c1-16-13-20(19-5-3-4-6-21(19)25-16)23(28)27-11-9-26(10-12-27)15-17-14-18(24)7-8-22(17)29-2/h3-8,13-14H,9-12,15H2,1-2H3. The predicted molar refractivity (Wildman–Crippen MR) is 111 cm³/mol. The van der Waals surface area contributed by atoms with Gasteiger partial charge in [-0.15, -0.1) is 0 Å². The molecule has 2 heterocycles. The van der Waals surface area contributed by atoms with Crippen LogP contribution in [0, 0.1) is 12.7 Å². The predicted octanol–water partition coefficient (Wildman–Crippen LogP) is 3.65. The molecule has 0 radical (unpaired) electrons. The van der Waals surface area contributed by atoms with E-state index < -0.39 is 0 Å². The topological polar surface area (TPSA) is 45.7 Å². The van der Waals surface area contributed by atoms with Gasteiger partial charge in [-0.3, -0.25) is 14.7 Å². The number of aryl methyl sites for hydroxylation is 1. The molecule has 1 amide bonds. The largest absolute Gasteiger partial charge is 0.496 e. The number of amides is 1. The summed E-state index contributed by atoms with van der Waals surface area (Å²) in [5.74, 6) is 0.452. The zero-order valence-electron chi connectivity index (χ0n) is 16.7. The van der Waals surface area contributed by atoms with Crippen LogP contribution in [0.4, 0.5) is 4.39 Å². The van der Waals surface area contributed by atoms with E-state index >= 15 is 0 Å². The third kappa shape index (κ3) is 4.07. The summed E-state index contributed by atoms with van der Waals surface area (Å²) in [6, 6.07) is 14.2. The van der Waals surface area contributed by atoms with Gasteiger partial charge in [-0.05, 0) is 37.3 Å². The number of methoxy groups -OCH3 is 1. The van der Waals surface area contributed by atoms with Crippen LogP contribution in [0.1, 0.15) is 21.6 Å². The maximum atomic E-state index is 13.6. The van der Waals surface area contributed by atoms with Crippen LogP contribution < -0.4 is 4.74 Å². The third-order valence-corrected chi connectivity index (χ3v) is 5.37. The number of piperazine rings is 1. The van der Waals surface area contributed by atoms with Crippen LogP contribution >= 0.6 is 0 Å². The number of benzene rings is 2. The molecule has 0 unspecified atom stereocenters. The number of rotatable bonds is 4. The fraction of sp³-hybridized carbons (Fsp3) is 0.304. The maximum absolute atomic E-state index is 13.6. The second-order valence-corrected chi connectivity index (χ2v) is 7.35. The van der Waals surface area contributed by atoms with Crippen molar-refractivity contribution in [2.45, 2.75) is 13.5 Å². The molecule has 0 bridgehead atoms. The molecule has 1 aliphatic heterocycles. The fourth-order valence-electron chi connectivity index (χ4n) is 3.88. The van der Waals surface area contributed by atoms with Gasteiger partial charge in [0.05, 0.1) is 18.2 Å². The Morgan fingerprint density at radius 1 is 1.10 bits per heavy atom. The third-order valence-electron chi connectivity index (χ3n) is 5.37. The highest BCUT2D eigenvalue weighted by Crippen LogP contribution is 2.23. The first-order valence-corrected chi connectivity index (χ1v) is 9.75. The molecule has 29 heavy (non-hydrogen) atoms. The lowest BCUT2D eigenvalue weighted by Gasteiger charge is -2.35. The lowest BCUT2D eigenvalue weighted by molar-refractivity contribution is 0.0629. The minimum absolute atomic E-state index is 0.0367. The van der Waals surface area contributed by atoms with Crippen molar-refractivity contribution in [1.29, 1.82) is 0 Å². The van der Waals surface area contributed by atoms with Gasteiger partial charge in [0.15, 0.2) is 0 Å². The molecule has 0 atom stereocenters. The van der Waals surface area contributed by atoms with Crippen molar-refractivity contribution in [1.82, 2.24) is 14.8 Å². The van der Waals surface area contributed by atoms with Crippen LogP contribution in [0.2, 0.25) is 0 Å². The number of carbonyl (C=O) groups is 1. The summed E-state index contributed by atoms with van der Waals surface area (Å²) in [5.41, 5.74) is 3.20. The van der Waals surface area contributed by atoms with Crippen LogP contribution in [0.3, 0.4) is 0 Å². The number of fused-ring (bicyclic) bond motifs is 1. The molecular formula is C23H24FN3O2. The number of hydrogen-bond acceptors (Lipinski definition) is 4. The summed E-state index contributed by atoms with van der Waals surface area (Å²) in [7, 11) is 1.59. The average molecular weight is 393 g/mol. The van der Waals surface area contributed by atoms with E-state index in [0.29, 0.717) is 30.9 Å². The van der Waals surface area contributed by atoms with Crippen LogP contribution in [0.25, 0.3) is 10.9 Å². The zero-order valence-corrected chi connectivity index (χ0v) is 16.7. The van der Waals surface area contributed by atoms with E-state index in [1.807, 2.05) is 42.2 Å². The maximum Gasteiger partial charge on any atom is 0.254 e. The van der Waals surface area contributed by atoms with Crippen LogP contribution in [0.5, 0.6) is 5.75 Å². The van der Waals surface area contributed by atoms with Crippen molar-refractivity contribution in [3.05, 3.63) is 71.2 Å². The summed E-state index contributed by atoms with van der Waals surface area (Å²) < 4.78 is 19.0. The normalized spacial score (nSPS) is 14.9. The van der Waals surface area contributed by atoms with Crippen molar-refractivity contribution in [3.63, 3.8) is 0 Å². The van der Waals surface area contributed by atoms with Gasteiger partial charge in [0.1, 0.15) is 11.6 Å². The van der Waals surface area contributed by atoms with Crippen LogP contribution in [-0.2, 0) is 6.54 Å². The fourth-order valence-corrected chi connectivity index (χ4v) is 3.88. The van der Waals surface area contributed by atoms with Crippen molar-refractivity contribution >= 4 is 16.8 Å². The Labute approximate surface area is 169 Å². The summed E-state index contributed by atoms with van der Waals surface area (Å²) >= 11 is 0. The quantitative estimate of drug-likeness (QED) is 0.679. The number of aromatic nitrogens is 1. The first-order valence-electron chi connectivity index (χ1n) is 9.75. The molecule has 1 fully saturated rings. The summed E-state index contributed by atoms with van der Waals surface area (Å²) in [5, 5.41) is 0.884. The van der Waals surface area contributed by atoms with E-state index in [4.69, 9.17) is 4.74 Å². The Morgan fingerprint density at radius 3 is 2.62 bits per heavy atom. The number of ether oxygens (including phenoxy) is 1. The Balaban J connectivity index is 1.47. The number of pyridine rings is 1. The second kappa shape index (κ2) is 8.17. The van der Waals surface area contributed by atoms with Crippen LogP contribution in [0.15, 0.2) is 48.5 Å². The van der Waals surface area contributed by atoms with Gasteiger partial charge >= 0.3 is 0 Å². The van der Waals surface area contributed by atoms with Gasteiger partial charge in [0, 0.05) is 49.4 Å². The number of para-hydroxylation sites is 1. The van der Waals surface area contributed by atoms with Gasteiger partial charge in [-0.1, -0.05) is 18.2 Å². The molecule has 150 valence electrons. The zero-order chi connectivity index (χ0) is 20.4. The monoisotopic (exact) mass is 393 g/mol. The smallest absolute Gasteiger partial charge is 0.254 e. The number of halogens is 1. The van der Waals surface area contributed by atoms with Gasteiger partial charge in [0.25, 0.3) is 5.91 Å². The minimum Gasteiger partial charge on any atom is -0.496 e. The SMILES string of the molecule is COc1ccc(F)cc1CN1CCN(C(=O)c2cc(C)nc3ccccc23)CC1. The molecule has 1 aromatic heterocycles. The Hall–Kier alpha value is -2.99. The van der Waals surface area contributed by atoms with E-state index in [0.717, 1.165) is 35.2 Å². The lowest BCUT2D eigenvalue weighted by Crippen LogP contribution is -2.48. The molecule has 1 aliphatic rings. The van der Waals surface area contributed by atoms with Gasteiger partial charge in [0.2, 0.25) is 0 Å². The Bertz CT molecular complexity index is 1050. The van der Waals surface area contributed by atoms with Gasteiger partial charge in [-0.25, -0.2) is 4.39 Å². The highest BCUT2D eigenvalue weighted by Gasteiger charge is 2.24. The highest BCUT2D eigenvalue weighted by atomic mass is 19.1. The minimum atomic E-state index is -0.269. The van der Waals surface area contributed by atoms with Crippen molar-refractivity contribution < 1.29 is 13.9 Å². The van der Waals surface area contributed by atoms with E-state index in [-0.39, 0.29) is 11.7 Å². The summed E-state index contributed by atoms with van der Waals surface area (Å²) in [4.78, 5) is 21.8. The molecular weight excluding hydrogens is 369 g/mol. The van der Waals surface area contributed by atoms with Crippen LogP contribution in [-0.4, -0.2) is 54.0 Å².